The number of guanidine groups is 1. The molecule has 1 aromatic heterocycles. The van der Waals surface area contributed by atoms with Crippen LogP contribution >= 0.6 is 11.6 Å². The Morgan fingerprint density at radius 2 is 1.92 bits per heavy atom. The van der Waals surface area contributed by atoms with Crippen LogP contribution in [0.2, 0.25) is 5.02 Å². The first-order valence-corrected chi connectivity index (χ1v) is 8.73. The molecule has 2 N–H and O–H groups in total. The van der Waals surface area contributed by atoms with Crippen molar-refractivity contribution in [2.75, 3.05) is 20.1 Å². The number of hydrogen-bond donors (Lipinski definition) is 2. The number of aromatic nitrogens is 2. The van der Waals surface area contributed by atoms with Crippen molar-refractivity contribution in [1.29, 1.82) is 0 Å². The molecule has 0 saturated heterocycles. The Balaban J connectivity index is 1.58. The Kier molecular flexibility index (Phi) is 7.62. The highest BCUT2D eigenvalue weighted by Gasteiger charge is 1.99. The van der Waals surface area contributed by atoms with E-state index in [-0.39, 0.29) is 0 Å². The minimum atomic E-state index is 0.773. The normalized spacial score (nSPS) is 11.5. The number of aryl methyl sites for hydroxylation is 2. The first-order valence-electron chi connectivity index (χ1n) is 8.36. The lowest BCUT2D eigenvalue weighted by atomic mass is 10.1. The van der Waals surface area contributed by atoms with Crippen LogP contribution < -0.4 is 10.6 Å². The maximum Gasteiger partial charge on any atom is 0.190 e. The van der Waals surface area contributed by atoms with Gasteiger partial charge >= 0.3 is 0 Å². The lowest BCUT2D eigenvalue weighted by Gasteiger charge is -2.12. The van der Waals surface area contributed by atoms with Gasteiger partial charge in [-0.1, -0.05) is 23.7 Å². The molecular weight excluding hydrogens is 322 g/mol. The van der Waals surface area contributed by atoms with E-state index in [1.54, 1.807) is 7.05 Å². The third-order valence-corrected chi connectivity index (χ3v) is 4.14. The van der Waals surface area contributed by atoms with E-state index in [2.05, 4.69) is 37.3 Å². The van der Waals surface area contributed by atoms with Crippen molar-refractivity contribution in [2.24, 2.45) is 4.99 Å². The molecule has 0 unspecified atom stereocenters. The summed E-state index contributed by atoms with van der Waals surface area (Å²) in [6.07, 6.45) is 7.03. The molecule has 130 valence electrons. The fourth-order valence-corrected chi connectivity index (χ4v) is 2.58. The van der Waals surface area contributed by atoms with Gasteiger partial charge in [0.2, 0.25) is 0 Å². The number of nitrogens with zero attached hydrogens (tertiary/aromatic N) is 3. The van der Waals surface area contributed by atoms with Crippen LogP contribution in [0, 0.1) is 6.92 Å². The highest BCUT2D eigenvalue weighted by Crippen LogP contribution is 2.09. The smallest absolute Gasteiger partial charge is 0.190 e. The molecule has 0 aliphatic carbocycles. The zero-order valence-corrected chi connectivity index (χ0v) is 15.2. The van der Waals surface area contributed by atoms with Crippen molar-refractivity contribution in [3.63, 3.8) is 0 Å². The van der Waals surface area contributed by atoms with Gasteiger partial charge in [0.25, 0.3) is 0 Å². The van der Waals surface area contributed by atoms with Gasteiger partial charge in [-0.2, -0.15) is 0 Å². The summed E-state index contributed by atoms with van der Waals surface area (Å²) >= 11 is 5.89. The number of unbranched alkanes of at least 4 members (excludes halogenated alkanes) is 1. The largest absolute Gasteiger partial charge is 0.356 e. The number of rotatable bonds is 8. The Morgan fingerprint density at radius 3 is 2.58 bits per heavy atom. The molecule has 1 heterocycles. The maximum absolute atomic E-state index is 5.89. The van der Waals surface area contributed by atoms with E-state index in [9.17, 15) is 0 Å². The van der Waals surface area contributed by atoms with Crippen molar-refractivity contribution in [1.82, 2.24) is 20.2 Å². The van der Waals surface area contributed by atoms with Crippen LogP contribution in [0.5, 0.6) is 0 Å². The SMILES string of the molecule is CN=C(NCCCCn1ccnc1C)NCCc1ccc(Cl)cc1. The molecule has 2 rings (SSSR count). The van der Waals surface area contributed by atoms with Crippen LogP contribution in [0.1, 0.15) is 24.2 Å². The summed E-state index contributed by atoms with van der Waals surface area (Å²) in [6.45, 7) is 4.80. The monoisotopic (exact) mass is 347 g/mol. The van der Waals surface area contributed by atoms with Crippen molar-refractivity contribution in [2.45, 2.75) is 32.7 Å². The summed E-state index contributed by atoms with van der Waals surface area (Å²) in [4.78, 5) is 8.48. The second-order valence-electron chi connectivity index (χ2n) is 5.68. The molecule has 0 amide bonds. The molecule has 0 aliphatic rings. The van der Waals surface area contributed by atoms with E-state index in [1.807, 2.05) is 31.5 Å². The Morgan fingerprint density at radius 1 is 1.17 bits per heavy atom. The predicted octanol–water partition coefficient (Wildman–Crippen LogP) is 3.03. The number of aliphatic imine (C=N–C) groups is 1. The number of nitrogens with one attached hydrogen (secondary N) is 2. The van der Waals surface area contributed by atoms with E-state index in [0.29, 0.717) is 0 Å². The fraction of sp³-hybridized carbons (Fsp3) is 0.444. The molecule has 0 spiro atoms. The number of halogens is 1. The van der Waals surface area contributed by atoms with Crippen molar-refractivity contribution in [3.8, 4) is 0 Å². The van der Waals surface area contributed by atoms with Gasteiger partial charge in [0.15, 0.2) is 5.96 Å². The van der Waals surface area contributed by atoms with E-state index in [0.717, 1.165) is 55.7 Å². The third kappa shape index (κ3) is 6.24. The lowest BCUT2D eigenvalue weighted by molar-refractivity contribution is 0.588. The maximum atomic E-state index is 5.89. The summed E-state index contributed by atoms with van der Waals surface area (Å²) in [5.41, 5.74) is 1.26. The molecule has 0 fully saturated rings. The number of imidazole rings is 1. The van der Waals surface area contributed by atoms with Crippen molar-refractivity contribution in [3.05, 3.63) is 53.1 Å². The Hall–Kier alpha value is -2.01. The van der Waals surface area contributed by atoms with Gasteiger partial charge < -0.3 is 15.2 Å². The summed E-state index contributed by atoms with van der Waals surface area (Å²) in [5.74, 6) is 1.92. The van der Waals surface area contributed by atoms with Gasteiger partial charge in [0, 0.05) is 44.1 Å². The van der Waals surface area contributed by atoms with Gasteiger partial charge in [-0.05, 0) is 43.9 Å². The first kappa shape index (κ1) is 18.3. The first-order chi connectivity index (χ1) is 11.7. The highest BCUT2D eigenvalue weighted by molar-refractivity contribution is 6.30. The zero-order valence-electron chi connectivity index (χ0n) is 14.4. The molecule has 0 bridgehead atoms. The van der Waals surface area contributed by atoms with Gasteiger partial charge in [0.1, 0.15) is 5.82 Å². The zero-order chi connectivity index (χ0) is 17.2. The van der Waals surface area contributed by atoms with Gasteiger partial charge in [-0.3, -0.25) is 4.99 Å². The molecule has 6 heteroatoms. The second-order valence-corrected chi connectivity index (χ2v) is 6.11. The Bertz CT molecular complexity index is 633. The predicted molar refractivity (Wildman–Crippen MR) is 101 cm³/mol. The van der Waals surface area contributed by atoms with E-state index >= 15 is 0 Å². The van der Waals surface area contributed by atoms with Gasteiger partial charge in [-0.25, -0.2) is 4.98 Å². The molecule has 0 aliphatic heterocycles. The molecule has 24 heavy (non-hydrogen) atoms. The molecule has 5 nitrogen and oxygen atoms in total. The number of benzene rings is 1. The van der Waals surface area contributed by atoms with Crippen molar-refractivity contribution < 1.29 is 0 Å². The topological polar surface area (TPSA) is 54.2 Å². The third-order valence-electron chi connectivity index (χ3n) is 3.88. The quantitative estimate of drug-likeness (QED) is 0.438. The molecule has 2 aromatic rings. The molecule has 0 atom stereocenters. The highest BCUT2D eigenvalue weighted by atomic mass is 35.5. The summed E-state index contributed by atoms with van der Waals surface area (Å²) in [5, 5.41) is 7.46. The van der Waals surface area contributed by atoms with Crippen LogP contribution in [-0.4, -0.2) is 35.6 Å². The van der Waals surface area contributed by atoms with Crippen LogP contribution in [-0.2, 0) is 13.0 Å². The van der Waals surface area contributed by atoms with Crippen LogP contribution in [0.3, 0.4) is 0 Å². The Labute approximate surface area is 149 Å². The van der Waals surface area contributed by atoms with Gasteiger partial charge in [0.05, 0.1) is 0 Å². The molecule has 0 saturated carbocycles. The van der Waals surface area contributed by atoms with Crippen LogP contribution in [0.4, 0.5) is 0 Å². The van der Waals surface area contributed by atoms with Crippen LogP contribution in [0.25, 0.3) is 0 Å². The summed E-state index contributed by atoms with van der Waals surface area (Å²) in [6, 6.07) is 7.95. The fourth-order valence-electron chi connectivity index (χ4n) is 2.45. The molecule has 1 aromatic carbocycles. The van der Waals surface area contributed by atoms with E-state index in [4.69, 9.17) is 11.6 Å². The van der Waals surface area contributed by atoms with Gasteiger partial charge in [-0.15, -0.1) is 0 Å². The summed E-state index contributed by atoms with van der Waals surface area (Å²) in [7, 11) is 1.80. The lowest BCUT2D eigenvalue weighted by Crippen LogP contribution is -2.38. The second kappa shape index (κ2) is 9.98. The molecule has 0 radical (unpaired) electrons. The standard InChI is InChI=1S/C18H26ClN5/c1-15-21-12-14-24(15)13-4-3-10-22-18(20-2)23-11-9-16-5-7-17(19)8-6-16/h5-8,12,14H,3-4,9-11,13H2,1-2H3,(H2,20,22,23). The number of hydrogen-bond acceptors (Lipinski definition) is 2. The minimum absolute atomic E-state index is 0.773. The average Bonchev–Trinajstić information content (AvgIpc) is 3.00. The van der Waals surface area contributed by atoms with Crippen molar-refractivity contribution >= 4 is 17.6 Å². The summed E-state index contributed by atoms with van der Waals surface area (Å²) < 4.78 is 2.18. The van der Waals surface area contributed by atoms with E-state index < -0.39 is 0 Å². The average molecular weight is 348 g/mol. The van der Waals surface area contributed by atoms with Crippen LogP contribution in [0.15, 0.2) is 41.7 Å². The minimum Gasteiger partial charge on any atom is -0.356 e. The molecular formula is C18H26ClN5. The van der Waals surface area contributed by atoms with E-state index in [1.165, 1.54) is 5.56 Å².